The van der Waals surface area contributed by atoms with Crippen LogP contribution < -0.4 is 31.3 Å². The Morgan fingerprint density at radius 3 is 1.80 bits per heavy atom. The molecule has 3 aliphatic heterocycles. The SMILES string of the molecule is CCCCCOc1ccc(-c2ccc(-c3ccc(C(=O)N[C@H]4C[C@@H](O)[C@@H](O)NC(=O)[C@@H]5[C@@H](O)[C@@H](C)CN5C(=O)[C@H]([C@@H](C)O)NC(=O)[C@H](/C=C(/O[B][OH2+])c5ccc(O)cc5)NC(=O)[C@@H]5C[C@@H](O)CN5C(=O)[C@H]([C@@H](C)O)NC4=O)cc3)cc2)cc1.[Al]. The Kier molecular flexibility index (Phi) is 23.4. The van der Waals surface area contributed by atoms with E-state index >= 15 is 0 Å². The van der Waals surface area contributed by atoms with Gasteiger partial charge in [0, 0.05) is 60.3 Å². The molecule has 4 aromatic carbocycles. The number of aliphatic hydroxyl groups is 6. The van der Waals surface area contributed by atoms with E-state index in [4.69, 9.17) is 14.4 Å². The number of unbranched alkanes of at least 4 members (excludes halogenated alkanes) is 2. The lowest BCUT2D eigenvalue weighted by Crippen LogP contribution is -2.62. The topological polar surface area (TPSA) is 369 Å². The van der Waals surface area contributed by atoms with Gasteiger partial charge in [0.2, 0.25) is 35.4 Å². The summed E-state index contributed by atoms with van der Waals surface area (Å²) in [5.74, 6) is -8.31. The van der Waals surface area contributed by atoms with Crippen LogP contribution in [0, 0.1) is 5.92 Å². The van der Waals surface area contributed by atoms with Crippen molar-refractivity contribution >= 4 is 72.2 Å². The van der Waals surface area contributed by atoms with Crippen LogP contribution >= 0.6 is 0 Å². The molecule has 0 aliphatic carbocycles. The molecule has 14 N–H and O–H groups in total. The zero-order valence-electron chi connectivity index (χ0n) is 46.8. The maximum Gasteiger partial charge on any atom is 0.884 e. The first kappa shape index (κ1) is 65.8. The number of carbonyl (C=O) groups excluding carboxylic acids is 7. The van der Waals surface area contributed by atoms with Crippen molar-refractivity contribution in [1.29, 1.82) is 0 Å². The van der Waals surface area contributed by atoms with E-state index in [1.54, 1.807) is 12.1 Å². The van der Waals surface area contributed by atoms with Gasteiger partial charge in [-0.1, -0.05) is 75.2 Å². The second-order valence-electron chi connectivity index (χ2n) is 21.1. The number of phenols is 1. The van der Waals surface area contributed by atoms with Gasteiger partial charge in [0.05, 0.1) is 31.0 Å². The summed E-state index contributed by atoms with van der Waals surface area (Å²) in [5, 5.41) is 96.7. The fourth-order valence-corrected chi connectivity index (χ4v) is 10.1. The number of rotatable bonds is 15. The first-order valence-corrected chi connectivity index (χ1v) is 27.4. The van der Waals surface area contributed by atoms with Crippen molar-refractivity contribution < 1.29 is 83.7 Å². The van der Waals surface area contributed by atoms with Gasteiger partial charge in [-0.2, -0.15) is 0 Å². The highest BCUT2D eigenvalue weighted by atomic mass is 27.0. The molecule has 446 valence electrons. The number of phenolic OH excluding ortho intramolecular Hbond substituents is 1. The first-order chi connectivity index (χ1) is 39.6. The lowest BCUT2D eigenvalue weighted by atomic mass is 9.99. The minimum Gasteiger partial charge on any atom is -0.511 e. The van der Waals surface area contributed by atoms with Crippen molar-refractivity contribution in [3.8, 4) is 33.8 Å². The number of hydrogen-bond acceptors (Lipinski definition) is 16. The molecule has 0 spiro atoms. The Balaban J connectivity index is 0.0000113. The number of nitrogens with one attached hydrogen (secondary N) is 5. The molecule has 7 amide bonds. The van der Waals surface area contributed by atoms with Crippen LogP contribution in [0.25, 0.3) is 28.0 Å². The summed E-state index contributed by atoms with van der Waals surface area (Å²) < 4.78 is 11.2. The van der Waals surface area contributed by atoms with Gasteiger partial charge in [-0.3, -0.25) is 33.6 Å². The number of carbonyl (C=O) groups is 7. The molecule has 0 aromatic heterocycles. The van der Waals surface area contributed by atoms with Crippen molar-refractivity contribution in [2.75, 3.05) is 19.7 Å². The van der Waals surface area contributed by atoms with Gasteiger partial charge in [0.25, 0.3) is 5.91 Å². The van der Waals surface area contributed by atoms with E-state index in [0.29, 0.717) is 14.3 Å². The van der Waals surface area contributed by atoms with E-state index in [1.807, 2.05) is 48.5 Å². The van der Waals surface area contributed by atoms with Gasteiger partial charge < -0.3 is 86.5 Å². The van der Waals surface area contributed by atoms with Crippen molar-refractivity contribution in [3.05, 3.63) is 114 Å². The van der Waals surface area contributed by atoms with Crippen LogP contribution in [0.5, 0.6) is 11.5 Å². The summed E-state index contributed by atoms with van der Waals surface area (Å²) in [6.45, 7) is 5.66. The number of amides is 7. The smallest absolute Gasteiger partial charge is 0.511 e. The van der Waals surface area contributed by atoms with Crippen LogP contribution in [0.15, 0.2) is 103 Å². The molecule has 4 radical (unpaired) electrons. The summed E-state index contributed by atoms with van der Waals surface area (Å²) >= 11 is 0. The third kappa shape index (κ3) is 16.3. The highest BCUT2D eigenvalue weighted by Crippen LogP contribution is 2.29. The van der Waals surface area contributed by atoms with Gasteiger partial charge in [-0.05, 0) is 97.1 Å². The van der Waals surface area contributed by atoms with E-state index in [9.17, 15) is 69.3 Å². The zero-order chi connectivity index (χ0) is 60.2. The van der Waals surface area contributed by atoms with Crippen LogP contribution in [0.4, 0.5) is 0 Å². The molecule has 7 rings (SSSR count). The fraction of sp³-hybridized carbons (Fsp3) is 0.431. The summed E-state index contributed by atoms with van der Waals surface area (Å²) in [7, 11) is 0.495. The molecule has 0 bridgehead atoms. The average molecular weight is 1180 g/mol. The van der Waals surface area contributed by atoms with E-state index in [-0.39, 0.29) is 46.5 Å². The predicted molar refractivity (Wildman–Crippen MR) is 307 cm³/mol. The number of benzene rings is 4. The molecule has 4 aromatic rings. The number of nitrogens with zero attached hydrogens (tertiary/aromatic N) is 2. The summed E-state index contributed by atoms with van der Waals surface area (Å²) in [6, 6.07) is 16.0. The van der Waals surface area contributed by atoms with E-state index < -0.39 is 140 Å². The van der Waals surface area contributed by atoms with Crippen LogP contribution in [-0.4, -0.2) is 210 Å². The Hall–Kier alpha value is -7.37. The predicted octanol–water partition coefficient (Wildman–Crippen LogP) is -1.09. The van der Waals surface area contributed by atoms with Crippen LogP contribution in [0.1, 0.15) is 75.7 Å². The lowest BCUT2D eigenvalue weighted by Gasteiger charge is -2.32. The zero-order valence-corrected chi connectivity index (χ0v) is 48.0. The van der Waals surface area contributed by atoms with Gasteiger partial charge in [-0.25, -0.2) is 0 Å². The third-order valence-corrected chi connectivity index (χ3v) is 14.8. The Bertz CT molecular complexity index is 2960. The average Bonchev–Trinajstić information content (AvgIpc) is 2.97. The Morgan fingerprint density at radius 2 is 1.24 bits per heavy atom. The summed E-state index contributed by atoms with van der Waals surface area (Å²) in [5.41, 5.74) is 3.65. The highest BCUT2D eigenvalue weighted by Gasteiger charge is 2.49. The van der Waals surface area contributed by atoms with Crippen LogP contribution in [0.3, 0.4) is 0 Å². The normalized spacial score (nSPS) is 26.4. The molecular formula is C58H72AlBN7O17+. The molecule has 26 heteroatoms. The number of ether oxygens (including phenoxy) is 1. The molecule has 13 atom stereocenters. The van der Waals surface area contributed by atoms with Crippen molar-refractivity contribution in [1.82, 2.24) is 36.4 Å². The van der Waals surface area contributed by atoms with Crippen molar-refractivity contribution in [2.24, 2.45) is 5.92 Å². The highest BCUT2D eigenvalue weighted by molar-refractivity contribution is 6.18. The minimum atomic E-state index is -2.27. The van der Waals surface area contributed by atoms with Gasteiger partial charge >= 0.3 is 7.69 Å². The van der Waals surface area contributed by atoms with Crippen molar-refractivity contribution in [2.45, 2.75) is 133 Å². The standard InChI is InChI=1S/C58H72BN7O17.Al/c1-5-6-7-24-82-41-22-18-36(19-23-41)34-10-8-33(9-11-34)35-12-14-38(15-13-35)51(73)60-42-26-45(71)55(77)64-56(78)49-50(72)30(2)28-66(49)58(80)48(32(4)68)63-53(75)43(27-46(83-59-81)37-16-20-39(69)21-17-37)61-54(76)44-25-40(70)29-65(44)57(79)47(31(3)67)62-52(42)74;/h8-23,27,30-32,40,42-45,47-50,55,67-72,77H,5-7,24-26,28-29,81H2,1-4H3,(H,60,73)(H,61,76)(H,62,74)(H,63,75)(H,64,78);/q+1;/b46-27+;/t30-,31+,32+,40+,42-,43-,44-,45+,47-,48-,49-,50-,55+;/m0./s1. The molecule has 0 saturated carbocycles. The van der Waals surface area contributed by atoms with E-state index in [0.717, 1.165) is 77.0 Å². The van der Waals surface area contributed by atoms with Crippen LogP contribution in [0.2, 0.25) is 0 Å². The second-order valence-corrected chi connectivity index (χ2v) is 21.1. The quantitative estimate of drug-likeness (QED) is 0.0291. The summed E-state index contributed by atoms with van der Waals surface area (Å²) in [4.78, 5) is 102. The fourth-order valence-electron chi connectivity index (χ4n) is 10.1. The van der Waals surface area contributed by atoms with Gasteiger partial charge in [0.15, 0.2) is 6.23 Å². The summed E-state index contributed by atoms with van der Waals surface area (Å²) in [6.07, 6.45) is -7.99. The molecule has 24 nitrogen and oxygen atoms in total. The molecule has 3 heterocycles. The molecule has 0 unspecified atom stereocenters. The molecule has 3 saturated heterocycles. The maximum absolute atomic E-state index is 14.5. The largest absolute Gasteiger partial charge is 0.884 e. The van der Waals surface area contributed by atoms with E-state index in [1.165, 1.54) is 43.3 Å². The number of aliphatic hydroxyl groups excluding tert-OH is 6. The van der Waals surface area contributed by atoms with E-state index in [2.05, 4.69) is 33.5 Å². The van der Waals surface area contributed by atoms with Crippen molar-refractivity contribution in [3.63, 3.8) is 0 Å². The van der Waals surface area contributed by atoms with Crippen LogP contribution in [-0.2, 0) is 33.4 Å². The molecule has 3 fully saturated rings. The molecule has 3 aliphatic rings. The Morgan fingerprint density at radius 1 is 0.702 bits per heavy atom. The van der Waals surface area contributed by atoms with Gasteiger partial charge in [0.1, 0.15) is 59.6 Å². The Labute approximate surface area is 496 Å². The first-order valence-electron chi connectivity index (χ1n) is 27.4. The number of aromatic hydroxyl groups is 1. The maximum atomic E-state index is 14.5. The second kappa shape index (κ2) is 29.9. The number of fused-ring (bicyclic) bond motifs is 2. The number of hydrogen-bond donors (Lipinski definition) is 12. The lowest BCUT2D eigenvalue weighted by molar-refractivity contribution is -0.147. The monoisotopic (exact) mass is 1180 g/mol. The van der Waals surface area contributed by atoms with Gasteiger partial charge in [-0.15, -0.1) is 0 Å². The molecule has 84 heavy (non-hydrogen) atoms. The molecular weight excluding hydrogens is 1100 g/mol. The third-order valence-electron chi connectivity index (χ3n) is 14.8. The minimum absolute atomic E-state index is 0.